The van der Waals surface area contributed by atoms with Crippen molar-refractivity contribution < 1.29 is 22.7 Å². The molecule has 0 fully saturated rings. The second kappa shape index (κ2) is 9.66. The number of methoxy groups -OCH3 is 1. The fourth-order valence-corrected chi connectivity index (χ4v) is 4.40. The Morgan fingerprint density at radius 3 is 2.34 bits per heavy atom. The second-order valence-electron chi connectivity index (χ2n) is 8.18. The van der Waals surface area contributed by atoms with Gasteiger partial charge < -0.3 is 14.5 Å². The summed E-state index contributed by atoms with van der Waals surface area (Å²) in [6.45, 7) is 0.774. The first-order chi connectivity index (χ1) is 15.2. The lowest BCUT2D eigenvalue weighted by Gasteiger charge is -2.32. The quantitative estimate of drug-likeness (QED) is 0.607. The highest BCUT2D eigenvalue weighted by atomic mass is 19.4. The van der Waals surface area contributed by atoms with Crippen LogP contribution in [0, 0.1) is 18.3 Å². The Balaban J connectivity index is 2.25. The largest absolute Gasteiger partial charge is 0.497 e. The van der Waals surface area contributed by atoms with Crippen molar-refractivity contribution >= 4 is 11.6 Å². The van der Waals surface area contributed by atoms with Crippen LogP contribution >= 0.6 is 0 Å². The van der Waals surface area contributed by atoms with Crippen molar-refractivity contribution in [3.63, 3.8) is 0 Å². The first kappa shape index (κ1) is 23.7. The van der Waals surface area contributed by atoms with Crippen molar-refractivity contribution in [3.05, 3.63) is 59.7 Å². The van der Waals surface area contributed by atoms with Crippen LogP contribution in [0.3, 0.4) is 0 Å². The van der Waals surface area contributed by atoms with Gasteiger partial charge in [-0.25, -0.2) is 0 Å². The van der Waals surface area contributed by atoms with Crippen LogP contribution in [0.1, 0.15) is 29.4 Å². The number of hydrogen-bond donors (Lipinski definition) is 0. The summed E-state index contributed by atoms with van der Waals surface area (Å²) in [5.74, 6) is -1.46. The van der Waals surface area contributed by atoms with Crippen LogP contribution in [0.15, 0.2) is 48.5 Å². The maximum atomic E-state index is 14.6. The summed E-state index contributed by atoms with van der Waals surface area (Å²) in [6, 6.07) is 12.7. The lowest BCUT2D eigenvalue weighted by Crippen LogP contribution is -2.41. The number of hydrogen-bond acceptors (Lipinski definition) is 3. The molecule has 2 aromatic carbocycles. The molecule has 2 aromatic rings. The van der Waals surface area contributed by atoms with E-state index in [9.17, 15) is 18.0 Å². The molecule has 0 aliphatic carbocycles. The molecule has 0 aromatic heterocycles. The molecule has 1 aliphatic heterocycles. The minimum atomic E-state index is -4.58. The smallest absolute Gasteiger partial charge is 0.396 e. The number of benzene rings is 2. The number of terminal acetylenes is 1. The number of rotatable bonds is 6. The molecule has 0 spiro atoms. The van der Waals surface area contributed by atoms with Crippen LogP contribution in [0.25, 0.3) is 0 Å². The Morgan fingerprint density at radius 2 is 1.78 bits per heavy atom. The first-order valence-corrected chi connectivity index (χ1v) is 10.4. The number of anilines is 1. The number of alkyl halides is 3. The number of carbonyl (C=O) groups is 1. The van der Waals surface area contributed by atoms with Crippen molar-refractivity contribution in [1.82, 2.24) is 4.90 Å². The number of nitrogens with zero attached hydrogens (tertiary/aromatic N) is 2. The lowest BCUT2D eigenvalue weighted by molar-refractivity contribution is -0.159. The van der Waals surface area contributed by atoms with Gasteiger partial charge in [-0.05, 0) is 43.4 Å². The summed E-state index contributed by atoms with van der Waals surface area (Å²) >= 11 is 0. The molecule has 3 rings (SSSR count). The monoisotopic (exact) mass is 444 g/mol. The third-order valence-electron chi connectivity index (χ3n) is 5.90. The van der Waals surface area contributed by atoms with E-state index < -0.39 is 23.9 Å². The molecular weight excluding hydrogens is 417 g/mol. The van der Waals surface area contributed by atoms with Crippen molar-refractivity contribution in [2.75, 3.05) is 39.2 Å². The van der Waals surface area contributed by atoms with Crippen LogP contribution in [0.5, 0.6) is 5.75 Å². The van der Waals surface area contributed by atoms with E-state index in [-0.39, 0.29) is 24.4 Å². The van der Waals surface area contributed by atoms with Crippen LogP contribution in [-0.2, 0) is 4.79 Å². The van der Waals surface area contributed by atoms with E-state index in [4.69, 9.17) is 11.2 Å². The normalized spacial score (nSPS) is 21.1. The maximum absolute atomic E-state index is 14.6. The summed E-state index contributed by atoms with van der Waals surface area (Å²) < 4.78 is 49.1. The molecular formula is C25H27F3N2O2. The Hall–Kier alpha value is -2.98. The number of amides is 1. The van der Waals surface area contributed by atoms with Gasteiger partial charge in [-0.2, -0.15) is 13.2 Å². The van der Waals surface area contributed by atoms with E-state index in [2.05, 4.69) is 5.92 Å². The van der Waals surface area contributed by atoms with Gasteiger partial charge in [0.2, 0.25) is 5.91 Å². The number of halogens is 3. The molecule has 1 unspecified atom stereocenters. The zero-order valence-corrected chi connectivity index (χ0v) is 18.4. The van der Waals surface area contributed by atoms with Crippen LogP contribution in [0.4, 0.5) is 18.9 Å². The highest BCUT2D eigenvalue weighted by Crippen LogP contribution is 2.53. The zero-order chi connectivity index (χ0) is 23.5. The number of carbonyl (C=O) groups excluding carboxylic acids is 1. The molecule has 0 radical (unpaired) electrons. The molecule has 4 nitrogen and oxygen atoms in total. The highest BCUT2D eigenvalue weighted by molar-refractivity contribution is 5.98. The fourth-order valence-electron chi connectivity index (χ4n) is 4.40. The summed E-state index contributed by atoms with van der Waals surface area (Å²) in [6.07, 6.45) is 0.889. The number of fused-ring (bicyclic) bond motifs is 1. The van der Waals surface area contributed by atoms with Gasteiger partial charge in [0.1, 0.15) is 5.75 Å². The molecule has 0 saturated heterocycles. The third kappa shape index (κ3) is 4.76. The Labute approximate surface area is 187 Å². The van der Waals surface area contributed by atoms with E-state index in [0.29, 0.717) is 23.5 Å². The number of para-hydroxylation sites is 1. The van der Waals surface area contributed by atoms with Gasteiger partial charge in [-0.1, -0.05) is 30.3 Å². The number of likely N-dealkylation sites (N-methyl/N-ethyl adjacent to an activating group) is 1. The summed E-state index contributed by atoms with van der Waals surface area (Å²) in [4.78, 5) is 17.1. The Morgan fingerprint density at radius 1 is 1.12 bits per heavy atom. The Bertz CT molecular complexity index is 980. The zero-order valence-electron chi connectivity index (χ0n) is 18.4. The first-order valence-electron chi connectivity index (χ1n) is 10.4. The predicted octanol–water partition coefficient (Wildman–Crippen LogP) is 4.67. The van der Waals surface area contributed by atoms with Crippen molar-refractivity contribution in [1.29, 1.82) is 0 Å². The van der Waals surface area contributed by atoms with Crippen molar-refractivity contribution in [2.45, 2.75) is 24.4 Å². The average molecular weight is 444 g/mol. The molecule has 1 aliphatic rings. The standard InChI is InChI=1S/C25H27F3N2O2/c1-5-8-20-22(17-11-13-18(32-4)14-12-17)23(25(26,27)28)19-9-6-7-10-21(19)30(24(20)31)16-15-29(2)3/h1,6-7,9-14,20,22-23H,8,15-16H2,2-4H3/t20-,22+,23?/m1/s1. The minimum Gasteiger partial charge on any atom is -0.497 e. The highest BCUT2D eigenvalue weighted by Gasteiger charge is 2.53. The SMILES string of the molecule is C#CC[C@H]1C(=O)N(CCN(C)C)c2ccccc2C(C(F)(F)F)[C@H]1c1ccc(OC)cc1. The molecule has 0 N–H and O–H groups in total. The van der Waals surface area contributed by atoms with Crippen LogP contribution in [0.2, 0.25) is 0 Å². The van der Waals surface area contributed by atoms with E-state index in [1.54, 1.807) is 42.5 Å². The van der Waals surface area contributed by atoms with Gasteiger partial charge in [0.15, 0.2) is 0 Å². The molecule has 1 heterocycles. The lowest BCUT2D eigenvalue weighted by atomic mass is 9.72. The van der Waals surface area contributed by atoms with E-state index >= 15 is 0 Å². The van der Waals surface area contributed by atoms with Crippen LogP contribution < -0.4 is 9.64 Å². The molecule has 7 heteroatoms. The molecule has 1 amide bonds. The summed E-state index contributed by atoms with van der Waals surface area (Å²) in [5, 5.41) is 0. The van der Waals surface area contributed by atoms with Gasteiger partial charge in [-0.3, -0.25) is 4.79 Å². The molecule has 32 heavy (non-hydrogen) atoms. The summed E-state index contributed by atoms with van der Waals surface area (Å²) in [5.41, 5.74) is 0.790. The topological polar surface area (TPSA) is 32.8 Å². The van der Waals surface area contributed by atoms with Gasteiger partial charge in [0.25, 0.3) is 0 Å². The van der Waals surface area contributed by atoms with E-state index in [1.807, 2.05) is 19.0 Å². The predicted molar refractivity (Wildman–Crippen MR) is 119 cm³/mol. The van der Waals surface area contributed by atoms with Crippen molar-refractivity contribution in [3.8, 4) is 18.1 Å². The van der Waals surface area contributed by atoms with E-state index in [1.165, 1.54) is 18.1 Å². The second-order valence-corrected chi connectivity index (χ2v) is 8.18. The van der Waals surface area contributed by atoms with Gasteiger partial charge in [-0.15, -0.1) is 12.3 Å². The molecule has 0 bridgehead atoms. The third-order valence-corrected chi connectivity index (χ3v) is 5.90. The van der Waals surface area contributed by atoms with E-state index in [0.717, 1.165) is 0 Å². The van der Waals surface area contributed by atoms with Gasteiger partial charge in [0, 0.05) is 31.1 Å². The molecule has 0 saturated carbocycles. The average Bonchev–Trinajstić information content (AvgIpc) is 2.85. The molecule has 3 atom stereocenters. The van der Waals surface area contributed by atoms with Crippen molar-refractivity contribution in [2.24, 2.45) is 5.92 Å². The summed E-state index contributed by atoms with van der Waals surface area (Å²) in [7, 11) is 5.19. The number of ether oxygens (including phenoxy) is 1. The van der Waals surface area contributed by atoms with Gasteiger partial charge in [0.05, 0.1) is 18.9 Å². The maximum Gasteiger partial charge on any atom is 0.396 e. The Kier molecular flexibility index (Phi) is 7.15. The van der Waals surface area contributed by atoms with Crippen LogP contribution in [-0.4, -0.2) is 51.3 Å². The van der Waals surface area contributed by atoms with Gasteiger partial charge >= 0.3 is 6.18 Å². The minimum absolute atomic E-state index is 0.0887. The fraction of sp³-hybridized carbons (Fsp3) is 0.400. The molecule has 170 valence electrons.